The molecular weight excluding hydrogens is 328 g/mol. The summed E-state index contributed by atoms with van der Waals surface area (Å²) in [6, 6.07) is 8.64. The second-order valence-electron chi connectivity index (χ2n) is 4.93. The molecule has 0 aromatic heterocycles. The van der Waals surface area contributed by atoms with E-state index >= 15 is 0 Å². The molecule has 2 aromatic carbocycles. The SMILES string of the molecule is O=C(Nc1ccc(F)cc1C(F)(F)F)N[C@H](CO)c1ccccc1. The fourth-order valence-corrected chi connectivity index (χ4v) is 2.10. The molecule has 2 aromatic rings. The highest BCUT2D eigenvalue weighted by Crippen LogP contribution is 2.35. The van der Waals surface area contributed by atoms with Gasteiger partial charge in [-0.1, -0.05) is 30.3 Å². The number of carbonyl (C=O) groups is 1. The van der Waals surface area contributed by atoms with Crippen LogP contribution >= 0.6 is 0 Å². The van der Waals surface area contributed by atoms with Gasteiger partial charge in [-0.2, -0.15) is 13.2 Å². The van der Waals surface area contributed by atoms with Crippen LogP contribution in [0.3, 0.4) is 0 Å². The molecule has 0 saturated heterocycles. The molecule has 0 radical (unpaired) electrons. The molecule has 2 amide bonds. The average Bonchev–Trinajstić information content (AvgIpc) is 2.54. The number of aliphatic hydroxyl groups is 1. The number of halogens is 4. The summed E-state index contributed by atoms with van der Waals surface area (Å²) in [5, 5.41) is 13.7. The Bertz CT molecular complexity index is 705. The number of rotatable bonds is 4. The largest absolute Gasteiger partial charge is 0.418 e. The lowest BCUT2D eigenvalue weighted by atomic mass is 10.1. The maximum absolute atomic E-state index is 13.0. The van der Waals surface area contributed by atoms with E-state index in [1.165, 1.54) is 0 Å². The minimum atomic E-state index is -4.82. The molecule has 8 heteroatoms. The van der Waals surface area contributed by atoms with Crippen molar-refractivity contribution in [1.82, 2.24) is 5.32 Å². The maximum atomic E-state index is 13.0. The predicted molar refractivity (Wildman–Crippen MR) is 79.8 cm³/mol. The first-order valence-electron chi connectivity index (χ1n) is 6.91. The standard InChI is InChI=1S/C16H14F4N2O2/c17-11-6-7-13(12(8-11)16(18,19)20)21-15(24)22-14(9-23)10-4-2-1-3-5-10/h1-8,14,23H,9H2,(H2,21,22,24)/t14-/m1/s1. The first-order chi connectivity index (χ1) is 11.3. The lowest BCUT2D eigenvalue weighted by Crippen LogP contribution is -2.34. The molecule has 0 aliphatic carbocycles. The van der Waals surface area contributed by atoms with Crippen LogP contribution in [0.5, 0.6) is 0 Å². The number of hydrogen-bond donors (Lipinski definition) is 3. The van der Waals surface area contributed by atoms with E-state index in [0.29, 0.717) is 11.6 Å². The van der Waals surface area contributed by atoms with E-state index in [1.54, 1.807) is 30.3 Å². The van der Waals surface area contributed by atoms with Crippen LogP contribution in [-0.2, 0) is 6.18 Å². The molecule has 0 unspecified atom stereocenters. The van der Waals surface area contributed by atoms with E-state index < -0.39 is 41.9 Å². The molecule has 2 rings (SSSR count). The number of hydrogen-bond acceptors (Lipinski definition) is 2. The van der Waals surface area contributed by atoms with Crippen molar-refractivity contribution in [2.24, 2.45) is 0 Å². The van der Waals surface area contributed by atoms with Gasteiger partial charge in [0.1, 0.15) is 5.82 Å². The van der Waals surface area contributed by atoms with Crippen molar-refractivity contribution in [1.29, 1.82) is 0 Å². The Hall–Kier alpha value is -2.61. The summed E-state index contributed by atoms with van der Waals surface area (Å²) in [7, 11) is 0. The number of alkyl halides is 3. The van der Waals surface area contributed by atoms with Gasteiger partial charge in [-0.3, -0.25) is 0 Å². The Morgan fingerprint density at radius 3 is 2.38 bits per heavy atom. The van der Waals surface area contributed by atoms with Crippen molar-refractivity contribution in [2.45, 2.75) is 12.2 Å². The molecule has 0 spiro atoms. The normalized spacial score (nSPS) is 12.5. The molecule has 4 nitrogen and oxygen atoms in total. The number of urea groups is 1. The molecule has 0 aliphatic heterocycles. The monoisotopic (exact) mass is 342 g/mol. The van der Waals surface area contributed by atoms with Gasteiger partial charge in [-0.25, -0.2) is 9.18 Å². The Kier molecular flexibility index (Phi) is 5.40. The van der Waals surface area contributed by atoms with Crippen molar-refractivity contribution in [3.63, 3.8) is 0 Å². The van der Waals surface area contributed by atoms with Crippen LogP contribution < -0.4 is 10.6 Å². The zero-order valence-corrected chi connectivity index (χ0v) is 12.3. The third kappa shape index (κ3) is 4.45. The summed E-state index contributed by atoms with van der Waals surface area (Å²) in [4.78, 5) is 11.9. The van der Waals surface area contributed by atoms with Crippen molar-refractivity contribution in [2.75, 3.05) is 11.9 Å². The maximum Gasteiger partial charge on any atom is 0.418 e. The number of carbonyl (C=O) groups excluding carboxylic acids is 1. The van der Waals surface area contributed by atoms with Gasteiger partial charge in [0, 0.05) is 0 Å². The Morgan fingerprint density at radius 1 is 1.12 bits per heavy atom. The molecule has 0 bridgehead atoms. The second kappa shape index (κ2) is 7.31. The molecule has 24 heavy (non-hydrogen) atoms. The first-order valence-corrected chi connectivity index (χ1v) is 6.91. The van der Waals surface area contributed by atoms with E-state index in [9.17, 15) is 27.5 Å². The van der Waals surface area contributed by atoms with Gasteiger partial charge < -0.3 is 15.7 Å². The predicted octanol–water partition coefficient (Wildman–Crippen LogP) is 3.70. The lowest BCUT2D eigenvalue weighted by Gasteiger charge is -2.19. The molecule has 0 fully saturated rings. The summed E-state index contributed by atoms with van der Waals surface area (Å²) < 4.78 is 51.7. The van der Waals surface area contributed by atoms with E-state index in [4.69, 9.17) is 0 Å². The van der Waals surface area contributed by atoms with Crippen LogP contribution in [0.15, 0.2) is 48.5 Å². The third-order valence-electron chi connectivity index (χ3n) is 3.23. The van der Waals surface area contributed by atoms with Gasteiger partial charge in [-0.05, 0) is 23.8 Å². The average molecular weight is 342 g/mol. The molecule has 0 aliphatic rings. The number of aliphatic hydroxyl groups excluding tert-OH is 1. The highest BCUT2D eigenvalue weighted by atomic mass is 19.4. The quantitative estimate of drug-likeness (QED) is 0.742. The minimum absolute atomic E-state index is 0.302. The lowest BCUT2D eigenvalue weighted by molar-refractivity contribution is -0.137. The van der Waals surface area contributed by atoms with Gasteiger partial charge in [0.15, 0.2) is 0 Å². The second-order valence-corrected chi connectivity index (χ2v) is 4.93. The van der Waals surface area contributed by atoms with Crippen LogP contribution in [-0.4, -0.2) is 17.7 Å². The van der Waals surface area contributed by atoms with Crippen LogP contribution in [0.25, 0.3) is 0 Å². The van der Waals surface area contributed by atoms with Gasteiger partial charge in [-0.15, -0.1) is 0 Å². The first kappa shape index (κ1) is 17.7. The number of anilines is 1. The Balaban J connectivity index is 2.15. The fraction of sp³-hybridized carbons (Fsp3) is 0.188. The van der Waals surface area contributed by atoms with Crippen molar-refractivity contribution >= 4 is 11.7 Å². The summed E-state index contributed by atoms with van der Waals surface area (Å²) in [5.41, 5.74) is -1.28. The van der Waals surface area contributed by atoms with Crippen LogP contribution in [0, 0.1) is 5.82 Å². The molecule has 1 atom stereocenters. The highest BCUT2D eigenvalue weighted by Gasteiger charge is 2.34. The molecule has 0 saturated carbocycles. The van der Waals surface area contributed by atoms with E-state index in [2.05, 4.69) is 5.32 Å². The minimum Gasteiger partial charge on any atom is -0.394 e. The van der Waals surface area contributed by atoms with Crippen molar-refractivity contribution in [3.8, 4) is 0 Å². The van der Waals surface area contributed by atoms with Gasteiger partial charge in [0.25, 0.3) is 0 Å². The Morgan fingerprint density at radius 2 is 1.79 bits per heavy atom. The number of benzene rings is 2. The Labute approximate surface area is 135 Å². The fourth-order valence-electron chi connectivity index (χ4n) is 2.10. The van der Waals surface area contributed by atoms with E-state index in [1.807, 2.05) is 5.32 Å². The van der Waals surface area contributed by atoms with Gasteiger partial charge in [0.2, 0.25) is 0 Å². The summed E-state index contributed by atoms with van der Waals surface area (Å²) >= 11 is 0. The zero-order chi connectivity index (χ0) is 17.7. The van der Waals surface area contributed by atoms with Crippen LogP contribution in [0.4, 0.5) is 28.0 Å². The van der Waals surface area contributed by atoms with Gasteiger partial charge in [0.05, 0.1) is 23.9 Å². The van der Waals surface area contributed by atoms with Crippen molar-refractivity contribution in [3.05, 3.63) is 65.5 Å². The molecular formula is C16H14F4N2O2. The van der Waals surface area contributed by atoms with Crippen LogP contribution in [0.2, 0.25) is 0 Å². The molecule has 3 N–H and O–H groups in total. The molecule has 128 valence electrons. The molecule has 0 heterocycles. The summed E-state index contributed by atoms with van der Waals surface area (Å²) in [5.74, 6) is -1.06. The summed E-state index contributed by atoms with van der Waals surface area (Å²) in [6.07, 6.45) is -4.82. The van der Waals surface area contributed by atoms with E-state index in [0.717, 1.165) is 12.1 Å². The smallest absolute Gasteiger partial charge is 0.394 e. The van der Waals surface area contributed by atoms with E-state index in [-0.39, 0.29) is 0 Å². The summed E-state index contributed by atoms with van der Waals surface area (Å²) in [6.45, 7) is -0.438. The number of amides is 2. The topological polar surface area (TPSA) is 61.4 Å². The third-order valence-corrected chi connectivity index (χ3v) is 3.23. The van der Waals surface area contributed by atoms with Gasteiger partial charge >= 0.3 is 12.2 Å². The van der Waals surface area contributed by atoms with Crippen LogP contribution in [0.1, 0.15) is 17.2 Å². The number of nitrogens with one attached hydrogen (secondary N) is 2. The zero-order valence-electron chi connectivity index (χ0n) is 12.3. The van der Waals surface area contributed by atoms with Crippen molar-refractivity contribution < 1.29 is 27.5 Å². The highest BCUT2D eigenvalue weighted by molar-refractivity contribution is 5.90.